The lowest BCUT2D eigenvalue weighted by molar-refractivity contribution is -0.145. The summed E-state index contributed by atoms with van der Waals surface area (Å²) in [5, 5.41) is 3.46. The van der Waals surface area contributed by atoms with E-state index in [9.17, 15) is 18.0 Å². The minimum atomic E-state index is -4.66. The van der Waals surface area contributed by atoms with E-state index in [-0.39, 0.29) is 24.5 Å². The Morgan fingerprint density at radius 1 is 1.24 bits per heavy atom. The van der Waals surface area contributed by atoms with Crippen LogP contribution in [-0.4, -0.2) is 58.2 Å². The molecule has 12 heteroatoms. The second kappa shape index (κ2) is 10.7. The third-order valence-electron chi connectivity index (χ3n) is 6.07. The molecule has 1 N–H and O–H groups in total. The number of thiazole rings is 1. The summed E-state index contributed by atoms with van der Waals surface area (Å²) < 4.78 is 59.6. The number of aromatic nitrogens is 3. The van der Waals surface area contributed by atoms with Gasteiger partial charge < -0.3 is 15.0 Å². The summed E-state index contributed by atoms with van der Waals surface area (Å²) in [4.78, 5) is 27.3. The Hall–Kier alpha value is -3.12. The molecule has 3 heterocycles. The van der Waals surface area contributed by atoms with Gasteiger partial charge in [-0.15, -0.1) is 11.3 Å². The summed E-state index contributed by atoms with van der Waals surface area (Å²) in [7, 11) is 1.85. The topological polar surface area (TPSA) is 80.2 Å². The van der Waals surface area contributed by atoms with Crippen molar-refractivity contribution in [3.8, 4) is 16.3 Å². The Bertz CT molecular complexity index is 1250. The minimum absolute atomic E-state index is 0.165. The maximum atomic E-state index is 15.4. The molecule has 0 aliphatic carbocycles. The maximum absolute atomic E-state index is 15.4. The molecular weight excluding hydrogens is 510 g/mol. The van der Waals surface area contributed by atoms with E-state index in [1.54, 1.807) is 31.3 Å². The molecule has 2 atom stereocenters. The molecule has 0 radical (unpaired) electrons. The molecule has 4 rings (SSSR count). The summed E-state index contributed by atoms with van der Waals surface area (Å²) in [6.07, 6.45) is 0.188. The van der Waals surface area contributed by atoms with Crippen molar-refractivity contribution in [2.75, 3.05) is 26.7 Å². The van der Waals surface area contributed by atoms with E-state index in [0.717, 1.165) is 23.8 Å². The predicted octanol–water partition coefficient (Wildman–Crippen LogP) is 5.23. The van der Waals surface area contributed by atoms with Gasteiger partial charge >= 0.3 is 6.18 Å². The van der Waals surface area contributed by atoms with Gasteiger partial charge in [-0.2, -0.15) is 13.2 Å². The van der Waals surface area contributed by atoms with Crippen molar-refractivity contribution in [2.45, 2.75) is 44.6 Å². The van der Waals surface area contributed by atoms with Crippen LogP contribution in [0.4, 0.5) is 17.6 Å². The lowest BCUT2D eigenvalue weighted by Gasteiger charge is -2.35. The van der Waals surface area contributed by atoms with Gasteiger partial charge in [0.15, 0.2) is 5.67 Å². The number of nitrogens with one attached hydrogen (secondary N) is 1. The molecule has 1 amide bonds. The molecule has 1 saturated heterocycles. The fraction of sp³-hybridized carbons (Fsp3) is 0.440. The van der Waals surface area contributed by atoms with Gasteiger partial charge in [-0.25, -0.2) is 19.3 Å². The van der Waals surface area contributed by atoms with Gasteiger partial charge in [-0.1, -0.05) is 0 Å². The summed E-state index contributed by atoms with van der Waals surface area (Å²) >= 11 is 1.46. The average molecular weight is 538 g/mol. The van der Waals surface area contributed by atoms with Crippen LogP contribution in [-0.2, 0) is 6.18 Å². The normalized spacial score (nSPS) is 19.4. The van der Waals surface area contributed by atoms with E-state index in [0.29, 0.717) is 29.0 Å². The molecule has 0 spiro atoms. The van der Waals surface area contributed by atoms with Crippen molar-refractivity contribution < 1.29 is 27.1 Å². The van der Waals surface area contributed by atoms with Crippen molar-refractivity contribution in [1.29, 1.82) is 0 Å². The Balaban J connectivity index is 1.57. The van der Waals surface area contributed by atoms with Crippen LogP contribution >= 0.6 is 11.3 Å². The number of halogens is 4. The van der Waals surface area contributed by atoms with Crippen LogP contribution < -0.4 is 10.1 Å². The maximum Gasteiger partial charge on any atom is 0.451 e. The van der Waals surface area contributed by atoms with E-state index in [2.05, 4.69) is 20.3 Å². The molecule has 1 aliphatic rings. The molecule has 37 heavy (non-hydrogen) atoms. The Morgan fingerprint density at radius 2 is 1.97 bits per heavy atom. The van der Waals surface area contributed by atoms with Crippen molar-refractivity contribution in [3.63, 3.8) is 0 Å². The van der Waals surface area contributed by atoms with Crippen LogP contribution in [0.1, 0.15) is 52.4 Å². The molecular formula is C25H27F4N5O2S. The number of carbonyl (C=O) groups excluding carboxylic acids is 1. The number of nitrogens with zero attached hydrogens (tertiary/aromatic N) is 4. The number of aryl methyl sites for hydroxylation is 1. The van der Waals surface area contributed by atoms with Gasteiger partial charge in [0.2, 0.25) is 5.82 Å². The highest BCUT2D eigenvalue weighted by Crippen LogP contribution is 2.32. The Labute approximate surface area is 215 Å². The van der Waals surface area contributed by atoms with Crippen LogP contribution in [0.15, 0.2) is 36.8 Å². The van der Waals surface area contributed by atoms with E-state index in [1.807, 2.05) is 18.9 Å². The number of piperidine rings is 1. The zero-order valence-electron chi connectivity index (χ0n) is 20.6. The van der Waals surface area contributed by atoms with Gasteiger partial charge in [0.05, 0.1) is 11.6 Å². The third-order valence-corrected chi connectivity index (χ3v) is 7.03. The molecule has 1 aromatic carbocycles. The second-order valence-corrected chi connectivity index (χ2v) is 10.5. The second-order valence-electron chi connectivity index (χ2n) is 9.30. The predicted molar refractivity (Wildman–Crippen MR) is 131 cm³/mol. The Kier molecular flexibility index (Phi) is 7.79. The number of amides is 1. The van der Waals surface area contributed by atoms with Crippen molar-refractivity contribution in [3.05, 3.63) is 58.6 Å². The molecule has 7 nitrogen and oxygen atoms in total. The van der Waals surface area contributed by atoms with Gasteiger partial charge in [0.1, 0.15) is 17.4 Å². The summed E-state index contributed by atoms with van der Waals surface area (Å²) in [6, 6.07) is 4.29. The number of benzene rings is 1. The van der Waals surface area contributed by atoms with Crippen LogP contribution in [0.3, 0.4) is 0 Å². The van der Waals surface area contributed by atoms with Crippen molar-refractivity contribution >= 4 is 17.2 Å². The first-order chi connectivity index (χ1) is 17.4. The zero-order chi connectivity index (χ0) is 26.8. The first-order valence-electron chi connectivity index (χ1n) is 11.7. The number of alkyl halides is 4. The molecule has 0 saturated carbocycles. The number of likely N-dealkylation sites (tertiary alicyclic amines) is 1. The van der Waals surface area contributed by atoms with Crippen molar-refractivity contribution in [2.24, 2.45) is 0 Å². The van der Waals surface area contributed by atoms with Gasteiger partial charge in [-0.05, 0) is 58.5 Å². The number of hydrogen-bond donors (Lipinski definition) is 1. The lowest BCUT2D eigenvalue weighted by Crippen LogP contribution is -2.47. The van der Waals surface area contributed by atoms with Gasteiger partial charge in [-0.3, -0.25) is 4.79 Å². The van der Waals surface area contributed by atoms with Crippen molar-refractivity contribution in [1.82, 2.24) is 25.2 Å². The minimum Gasteiger partial charge on any atom is -0.489 e. The monoisotopic (exact) mass is 537 g/mol. The fourth-order valence-electron chi connectivity index (χ4n) is 4.15. The largest absolute Gasteiger partial charge is 0.489 e. The first kappa shape index (κ1) is 26.9. The standard InChI is InChI=1S/C25H27F4N5O2S/c1-15-10-30-22(37-15)17-5-6-20(36-14-24(26)7-4-8-34(3)13-24)19(9-17)21(35)33-16(2)18-11-31-23(32-12-18)25(27,28)29/h5-6,9-12,16H,4,7-8,13-14H2,1-3H3,(H,33,35)/t16-,24?/m1/s1. The number of ether oxygens (including phenoxy) is 1. The molecule has 3 aromatic rings. The molecule has 1 fully saturated rings. The summed E-state index contributed by atoms with van der Waals surface area (Å²) in [5.74, 6) is -1.59. The molecule has 1 aliphatic heterocycles. The average Bonchev–Trinajstić information content (AvgIpc) is 3.28. The van der Waals surface area contributed by atoms with Crippen LogP contribution in [0, 0.1) is 6.92 Å². The quantitative estimate of drug-likeness (QED) is 0.416. The van der Waals surface area contributed by atoms with Gasteiger partial charge in [0.25, 0.3) is 5.91 Å². The SMILES string of the molecule is Cc1cnc(-c2ccc(OCC3(F)CCCN(C)C3)c(C(=O)N[C@H](C)c3cnc(C(F)(F)F)nc3)c2)s1. The van der Waals surface area contributed by atoms with E-state index in [1.165, 1.54) is 11.3 Å². The van der Waals surface area contributed by atoms with Crippen LogP contribution in [0.5, 0.6) is 5.75 Å². The van der Waals surface area contributed by atoms with Crippen LogP contribution in [0.2, 0.25) is 0 Å². The highest BCUT2D eigenvalue weighted by molar-refractivity contribution is 7.14. The first-order valence-corrected chi connectivity index (χ1v) is 12.5. The molecule has 2 aromatic heterocycles. The Morgan fingerprint density at radius 3 is 2.59 bits per heavy atom. The molecule has 198 valence electrons. The highest BCUT2D eigenvalue weighted by atomic mass is 32.1. The zero-order valence-corrected chi connectivity index (χ0v) is 21.4. The number of carbonyl (C=O) groups is 1. The van der Waals surface area contributed by atoms with E-state index >= 15 is 4.39 Å². The number of hydrogen-bond acceptors (Lipinski definition) is 7. The third kappa shape index (κ3) is 6.61. The number of rotatable bonds is 7. The molecule has 0 bridgehead atoms. The fourth-order valence-corrected chi connectivity index (χ4v) is 4.91. The highest BCUT2D eigenvalue weighted by Gasteiger charge is 2.36. The smallest absolute Gasteiger partial charge is 0.451 e. The van der Waals surface area contributed by atoms with Crippen LogP contribution in [0.25, 0.3) is 10.6 Å². The lowest BCUT2D eigenvalue weighted by atomic mass is 9.96. The van der Waals surface area contributed by atoms with E-state index in [4.69, 9.17) is 4.74 Å². The molecule has 1 unspecified atom stereocenters. The van der Waals surface area contributed by atoms with E-state index < -0.39 is 29.6 Å². The van der Waals surface area contributed by atoms with Gasteiger partial charge in [0, 0.05) is 41.1 Å². The summed E-state index contributed by atoms with van der Waals surface area (Å²) in [5.41, 5.74) is -0.397. The summed E-state index contributed by atoms with van der Waals surface area (Å²) in [6.45, 7) is 4.35.